The Morgan fingerprint density at radius 3 is 2.63 bits per heavy atom. The molecule has 6 heteroatoms. The molecule has 1 aliphatic heterocycles. The van der Waals surface area contributed by atoms with E-state index >= 15 is 0 Å². The summed E-state index contributed by atoms with van der Waals surface area (Å²) in [5.74, 6) is 1.62. The molecule has 0 aromatic heterocycles. The molecule has 3 nitrogen and oxygen atoms in total. The summed E-state index contributed by atoms with van der Waals surface area (Å²) in [5, 5.41) is 6.18. The number of thioether (sulfide) groups is 1. The summed E-state index contributed by atoms with van der Waals surface area (Å²) >= 11 is 5.12. The second kappa shape index (κ2) is 8.84. The normalized spacial score (nSPS) is 14.4. The van der Waals surface area contributed by atoms with Crippen molar-refractivity contribution >= 4 is 46.0 Å². The van der Waals surface area contributed by atoms with Crippen LogP contribution >= 0.6 is 40.1 Å². The SMILES string of the molecule is Cl.O=C(CCSc1ccc(Br)cc1)NCC1CNC1. The Hall–Kier alpha value is -0.230. The first-order valence-electron chi connectivity index (χ1n) is 6.10. The van der Waals surface area contributed by atoms with Crippen molar-refractivity contribution in [3.05, 3.63) is 28.7 Å². The predicted molar refractivity (Wildman–Crippen MR) is 86.1 cm³/mol. The fourth-order valence-corrected chi connectivity index (χ4v) is 2.75. The average molecular weight is 366 g/mol. The van der Waals surface area contributed by atoms with Gasteiger partial charge in [0.2, 0.25) is 5.91 Å². The van der Waals surface area contributed by atoms with Gasteiger partial charge in [-0.3, -0.25) is 4.79 Å². The second-order valence-electron chi connectivity index (χ2n) is 4.38. The van der Waals surface area contributed by atoms with Crippen LogP contribution in [0, 0.1) is 5.92 Å². The molecule has 0 saturated carbocycles. The molecule has 0 radical (unpaired) electrons. The second-order valence-corrected chi connectivity index (χ2v) is 6.46. The highest BCUT2D eigenvalue weighted by Crippen LogP contribution is 2.21. The van der Waals surface area contributed by atoms with Gasteiger partial charge in [-0.1, -0.05) is 15.9 Å². The van der Waals surface area contributed by atoms with Gasteiger partial charge in [-0.15, -0.1) is 24.2 Å². The number of benzene rings is 1. The highest BCUT2D eigenvalue weighted by atomic mass is 79.9. The summed E-state index contributed by atoms with van der Waals surface area (Å²) < 4.78 is 1.08. The first-order chi connectivity index (χ1) is 8.74. The van der Waals surface area contributed by atoms with Crippen LogP contribution in [0.25, 0.3) is 0 Å². The minimum Gasteiger partial charge on any atom is -0.356 e. The van der Waals surface area contributed by atoms with E-state index in [1.165, 1.54) is 4.90 Å². The van der Waals surface area contributed by atoms with Crippen molar-refractivity contribution in [2.75, 3.05) is 25.4 Å². The molecule has 0 unspecified atom stereocenters. The van der Waals surface area contributed by atoms with E-state index in [0.717, 1.165) is 29.9 Å². The molecule has 0 bridgehead atoms. The van der Waals surface area contributed by atoms with Crippen LogP contribution in [0.3, 0.4) is 0 Å². The first-order valence-corrected chi connectivity index (χ1v) is 7.87. The zero-order chi connectivity index (χ0) is 12.8. The molecular formula is C13H18BrClN2OS. The van der Waals surface area contributed by atoms with E-state index in [2.05, 4.69) is 38.7 Å². The van der Waals surface area contributed by atoms with Gasteiger partial charge in [0.05, 0.1) is 0 Å². The number of halogens is 2. The highest BCUT2D eigenvalue weighted by molar-refractivity contribution is 9.10. The summed E-state index contributed by atoms with van der Waals surface area (Å²) in [6.07, 6.45) is 0.584. The summed E-state index contributed by atoms with van der Waals surface area (Å²) in [4.78, 5) is 12.8. The Morgan fingerprint density at radius 1 is 1.37 bits per heavy atom. The number of hydrogen-bond donors (Lipinski definition) is 2. The lowest BCUT2D eigenvalue weighted by Gasteiger charge is -2.27. The van der Waals surface area contributed by atoms with Crippen molar-refractivity contribution in [1.82, 2.24) is 10.6 Å². The molecule has 0 aliphatic carbocycles. The minimum absolute atomic E-state index is 0. The summed E-state index contributed by atoms with van der Waals surface area (Å²) in [5.41, 5.74) is 0. The zero-order valence-electron chi connectivity index (χ0n) is 10.5. The Balaban J connectivity index is 0.00000180. The van der Waals surface area contributed by atoms with E-state index in [1.807, 2.05) is 12.1 Å². The van der Waals surface area contributed by atoms with Gasteiger partial charge in [0.25, 0.3) is 0 Å². The maximum absolute atomic E-state index is 11.6. The van der Waals surface area contributed by atoms with Crippen LogP contribution in [0.15, 0.2) is 33.6 Å². The maximum Gasteiger partial charge on any atom is 0.220 e. The summed E-state index contributed by atoms with van der Waals surface area (Å²) in [6, 6.07) is 8.16. The van der Waals surface area contributed by atoms with Crippen molar-refractivity contribution < 1.29 is 4.79 Å². The smallest absolute Gasteiger partial charge is 0.220 e. The molecule has 2 N–H and O–H groups in total. The molecule has 1 aromatic rings. The number of carbonyl (C=O) groups is 1. The molecule has 0 spiro atoms. The molecule has 0 atom stereocenters. The summed E-state index contributed by atoms with van der Waals surface area (Å²) in [6.45, 7) is 2.89. The molecule has 1 saturated heterocycles. The molecule has 1 amide bonds. The van der Waals surface area contributed by atoms with Crippen LogP contribution < -0.4 is 10.6 Å². The van der Waals surface area contributed by atoms with Gasteiger partial charge in [0, 0.05) is 47.1 Å². The monoisotopic (exact) mass is 364 g/mol. The van der Waals surface area contributed by atoms with Crippen LogP contribution in [-0.4, -0.2) is 31.3 Å². The van der Waals surface area contributed by atoms with E-state index in [-0.39, 0.29) is 18.3 Å². The zero-order valence-corrected chi connectivity index (χ0v) is 13.7. The Kier molecular flexibility index (Phi) is 7.83. The van der Waals surface area contributed by atoms with Gasteiger partial charge in [-0.25, -0.2) is 0 Å². The largest absolute Gasteiger partial charge is 0.356 e. The van der Waals surface area contributed by atoms with E-state index in [1.54, 1.807) is 11.8 Å². The Morgan fingerprint density at radius 2 is 2.05 bits per heavy atom. The fraction of sp³-hybridized carbons (Fsp3) is 0.462. The quantitative estimate of drug-likeness (QED) is 0.762. The predicted octanol–water partition coefficient (Wildman–Crippen LogP) is 2.69. The van der Waals surface area contributed by atoms with E-state index in [0.29, 0.717) is 12.3 Å². The average Bonchev–Trinajstić information content (AvgIpc) is 2.30. The third-order valence-electron chi connectivity index (χ3n) is 2.87. The van der Waals surface area contributed by atoms with Crippen molar-refractivity contribution in [3.8, 4) is 0 Å². The number of amides is 1. The van der Waals surface area contributed by atoms with Crippen molar-refractivity contribution in [2.24, 2.45) is 5.92 Å². The lowest BCUT2D eigenvalue weighted by atomic mass is 10.0. The Labute approximate surface area is 132 Å². The number of rotatable bonds is 6. The maximum atomic E-state index is 11.6. The minimum atomic E-state index is 0. The van der Waals surface area contributed by atoms with Crippen LogP contribution in [0.1, 0.15) is 6.42 Å². The van der Waals surface area contributed by atoms with Gasteiger partial charge in [-0.2, -0.15) is 0 Å². The van der Waals surface area contributed by atoms with Crippen LogP contribution in [-0.2, 0) is 4.79 Å². The van der Waals surface area contributed by atoms with Gasteiger partial charge in [-0.05, 0) is 24.3 Å². The molecule has 19 heavy (non-hydrogen) atoms. The van der Waals surface area contributed by atoms with Crippen molar-refractivity contribution in [1.29, 1.82) is 0 Å². The van der Waals surface area contributed by atoms with Crippen LogP contribution in [0.5, 0.6) is 0 Å². The molecule has 2 rings (SSSR count). The van der Waals surface area contributed by atoms with Crippen molar-refractivity contribution in [2.45, 2.75) is 11.3 Å². The molecule has 1 aromatic carbocycles. The Bertz CT molecular complexity index is 398. The summed E-state index contributed by atoms with van der Waals surface area (Å²) in [7, 11) is 0. The van der Waals surface area contributed by atoms with Crippen LogP contribution in [0.4, 0.5) is 0 Å². The molecule has 1 aliphatic rings. The number of hydrogen-bond acceptors (Lipinski definition) is 3. The molecular weight excluding hydrogens is 348 g/mol. The topological polar surface area (TPSA) is 41.1 Å². The molecule has 1 heterocycles. The first kappa shape index (κ1) is 16.8. The number of nitrogens with one attached hydrogen (secondary N) is 2. The van der Waals surface area contributed by atoms with E-state index in [4.69, 9.17) is 0 Å². The standard InChI is InChI=1S/C13H17BrN2OS.ClH/c14-11-1-3-12(4-2-11)18-6-5-13(17)16-9-10-7-15-8-10;/h1-4,10,15H,5-9H2,(H,16,17);1H. The fourth-order valence-electron chi connectivity index (χ4n) is 1.63. The van der Waals surface area contributed by atoms with Gasteiger partial charge >= 0.3 is 0 Å². The molecule has 1 fully saturated rings. The van der Waals surface area contributed by atoms with Gasteiger partial charge in [0.15, 0.2) is 0 Å². The third-order valence-corrected chi connectivity index (χ3v) is 4.41. The van der Waals surface area contributed by atoms with Gasteiger partial charge in [0.1, 0.15) is 0 Å². The van der Waals surface area contributed by atoms with E-state index < -0.39 is 0 Å². The van der Waals surface area contributed by atoms with E-state index in [9.17, 15) is 4.79 Å². The molecule has 106 valence electrons. The van der Waals surface area contributed by atoms with Gasteiger partial charge < -0.3 is 10.6 Å². The van der Waals surface area contributed by atoms with Crippen LogP contribution in [0.2, 0.25) is 0 Å². The third kappa shape index (κ3) is 6.17. The highest BCUT2D eigenvalue weighted by Gasteiger charge is 2.16. The van der Waals surface area contributed by atoms with Crippen molar-refractivity contribution in [3.63, 3.8) is 0 Å². The lowest BCUT2D eigenvalue weighted by Crippen LogP contribution is -2.48. The lowest BCUT2D eigenvalue weighted by molar-refractivity contribution is -0.120. The number of carbonyl (C=O) groups excluding carboxylic acids is 1.